The fraction of sp³-hybridized carbons (Fsp3) is 0.417. The lowest BCUT2D eigenvalue weighted by Crippen LogP contribution is -2.52. The molecule has 0 saturated carbocycles. The van der Waals surface area contributed by atoms with E-state index in [1.807, 2.05) is 43.9 Å². The summed E-state index contributed by atoms with van der Waals surface area (Å²) in [5.41, 5.74) is 2.43. The zero-order valence-corrected chi connectivity index (χ0v) is 17.9. The van der Waals surface area contributed by atoms with E-state index < -0.39 is 6.04 Å². The number of carbonyl (C=O) groups is 2. The van der Waals surface area contributed by atoms with Crippen molar-refractivity contribution in [3.05, 3.63) is 65.5 Å². The molecule has 1 aliphatic rings. The van der Waals surface area contributed by atoms with Crippen LogP contribution in [-0.2, 0) is 4.79 Å². The second-order valence-corrected chi connectivity index (χ2v) is 8.15. The van der Waals surface area contributed by atoms with E-state index in [2.05, 4.69) is 10.2 Å². The Labute approximate surface area is 177 Å². The van der Waals surface area contributed by atoms with Crippen LogP contribution in [0.4, 0.5) is 10.1 Å². The largest absolute Gasteiger partial charge is 0.370 e. The summed E-state index contributed by atoms with van der Waals surface area (Å²) in [6.07, 6.45) is 0.819. The first kappa shape index (κ1) is 21.8. The average Bonchev–Trinajstić information content (AvgIpc) is 2.98. The van der Waals surface area contributed by atoms with Gasteiger partial charge >= 0.3 is 0 Å². The van der Waals surface area contributed by atoms with Gasteiger partial charge in [0.1, 0.15) is 11.9 Å². The van der Waals surface area contributed by atoms with Crippen molar-refractivity contribution in [2.45, 2.75) is 33.2 Å². The third-order valence-electron chi connectivity index (χ3n) is 5.61. The Morgan fingerprint density at radius 3 is 2.33 bits per heavy atom. The molecular formula is C24H30FN3O2. The van der Waals surface area contributed by atoms with Crippen LogP contribution in [-0.4, -0.2) is 48.9 Å². The molecule has 5 nitrogen and oxygen atoms in total. The number of nitrogens with zero attached hydrogens (tertiary/aromatic N) is 2. The predicted octanol–water partition coefficient (Wildman–Crippen LogP) is 3.63. The first-order valence-corrected chi connectivity index (χ1v) is 10.5. The van der Waals surface area contributed by atoms with E-state index in [1.165, 1.54) is 12.1 Å². The Bertz CT molecular complexity index is 882. The number of nitrogens with one attached hydrogen (secondary N) is 1. The molecule has 0 radical (unpaired) electrons. The summed E-state index contributed by atoms with van der Waals surface area (Å²) < 4.78 is 13.2. The molecule has 2 aromatic carbocycles. The van der Waals surface area contributed by atoms with Crippen molar-refractivity contribution < 1.29 is 14.0 Å². The summed E-state index contributed by atoms with van der Waals surface area (Å²) in [5, 5.41) is 2.95. The quantitative estimate of drug-likeness (QED) is 0.818. The molecule has 1 fully saturated rings. The van der Waals surface area contributed by atoms with Crippen LogP contribution in [0.1, 0.15) is 36.2 Å². The van der Waals surface area contributed by atoms with Crippen LogP contribution in [0, 0.1) is 18.7 Å². The molecule has 160 valence electrons. The van der Waals surface area contributed by atoms with Crippen LogP contribution < -0.4 is 10.2 Å². The van der Waals surface area contributed by atoms with Crippen LogP contribution in [0.5, 0.6) is 0 Å². The summed E-state index contributed by atoms with van der Waals surface area (Å²) in [6, 6.07) is 13.3. The maximum atomic E-state index is 13.3. The molecule has 0 spiro atoms. The number of amides is 2. The van der Waals surface area contributed by atoms with Gasteiger partial charge in [0.25, 0.3) is 5.91 Å². The molecule has 30 heavy (non-hydrogen) atoms. The highest BCUT2D eigenvalue weighted by molar-refractivity contribution is 5.98. The SMILES string of the molecule is Cc1ccccc1C(=O)NC(C(=O)N1CCCN(c2ccc(F)cc2)CC1)C(C)C. The lowest BCUT2D eigenvalue weighted by atomic mass is 10.0. The molecule has 0 aliphatic carbocycles. The van der Waals surface area contributed by atoms with E-state index in [1.54, 1.807) is 18.2 Å². The molecule has 1 saturated heterocycles. The van der Waals surface area contributed by atoms with Gasteiger partial charge < -0.3 is 15.1 Å². The first-order valence-electron chi connectivity index (χ1n) is 10.5. The smallest absolute Gasteiger partial charge is 0.252 e. The van der Waals surface area contributed by atoms with Crippen molar-refractivity contribution in [2.75, 3.05) is 31.1 Å². The van der Waals surface area contributed by atoms with Gasteiger partial charge in [-0.15, -0.1) is 0 Å². The minimum Gasteiger partial charge on any atom is -0.370 e. The average molecular weight is 412 g/mol. The fourth-order valence-corrected chi connectivity index (χ4v) is 3.80. The predicted molar refractivity (Wildman–Crippen MR) is 117 cm³/mol. The van der Waals surface area contributed by atoms with E-state index in [-0.39, 0.29) is 23.5 Å². The Balaban J connectivity index is 1.67. The summed E-state index contributed by atoms with van der Waals surface area (Å²) >= 11 is 0. The molecule has 6 heteroatoms. The zero-order chi connectivity index (χ0) is 21.7. The molecule has 1 heterocycles. The van der Waals surface area contributed by atoms with Gasteiger partial charge in [-0.1, -0.05) is 32.0 Å². The number of anilines is 1. The minimum atomic E-state index is -0.575. The molecule has 1 aliphatic heterocycles. The van der Waals surface area contributed by atoms with Crippen LogP contribution in [0.3, 0.4) is 0 Å². The number of hydrogen-bond donors (Lipinski definition) is 1. The highest BCUT2D eigenvalue weighted by Crippen LogP contribution is 2.18. The maximum absolute atomic E-state index is 13.3. The van der Waals surface area contributed by atoms with E-state index in [0.717, 1.165) is 24.2 Å². The van der Waals surface area contributed by atoms with Gasteiger partial charge in [-0.2, -0.15) is 0 Å². The van der Waals surface area contributed by atoms with Crippen molar-refractivity contribution in [3.8, 4) is 0 Å². The second kappa shape index (κ2) is 9.74. The Morgan fingerprint density at radius 2 is 1.67 bits per heavy atom. The van der Waals surface area contributed by atoms with Gasteiger partial charge in [0.15, 0.2) is 0 Å². The van der Waals surface area contributed by atoms with E-state index in [0.29, 0.717) is 25.2 Å². The van der Waals surface area contributed by atoms with Crippen LogP contribution in [0.25, 0.3) is 0 Å². The molecule has 3 rings (SSSR count). The first-order chi connectivity index (χ1) is 14.4. The highest BCUT2D eigenvalue weighted by atomic mass is 19.1. The van der Waals surface area contributed by atoms with Crippen molar-refractivity contribution in [2.24, 2.45) is 5.92 Å². The summed E-state index contributed by atoms with van der Waals surface area (Å²) in [7, 11) is 0. The second-order valence-electron chi connectivity index (χ2n) is 8.15. The Morgan fingerprint density at radius 1 is 0.967 bits per heavy atom. The monoisotopic (exact) mass is 411 g/mol. The van der Waals surface area contributed by atoms with Crippen molar-refractivity contribution in [3.63, 3.8) is 0 Å². The molecule has 1 unspecified atom stereocenters. The maximum Gasteiger partial charge on any atom is 0.252 e. The summed E-state index contributed by atoms with van der Waals surface area (Å²) in [4.78, 5) is 30.1. The minimum absolute atomic E-state index is 0.0260. The normalized spacial score (nSPS) is 15.6. The topological polar surface area (TPSA) is 52.7 Å². The zero-order valence-electron chi connectivity index (χ0n) is 17.9. The van der Waals surface area contributed by atoms with Crippen LogP contribution >= 0.6 is 0 Å². The molecule has 2 aromatic rings. The van der Waals surface area contributed by atoms with Gasteiger partial charge in [0, 0.05) is 37.4 Å². The Hall–Kier alpha value is -2.89. The standard InChI is InChI=1S/C24H30FN3O2/c1-17(2)22(26-23(29)21-8-5-4-7-18(21)3)24(30)28-14-6-13-27(15-16-28)20-11-9-19(25)10-12-20/h4-5,7-12,17,22H,6,13-16H2,1-3H3,(H,26,29). The lowest BCUT2D eigenvalue weighted by molar-refractivity contribution is -0.134. The van der Waals surface area contributed by atoms with Gasteiger partial charge in [0.2, 0.25) is 5.91 Å². The third-order valence-corrected chi connectivity index (χ3v) is 5.61. The molecule has 1 atom stereocenters. The van der Waals surface area contributed by atoms with Crippen molar-refractivity contribution >= 4 is 17.5 Å². The number of hydrogen-bond acceptors (Lipinski definition) is 3. The molecule has 2 amide bonds. The molecule has 1 N–H and O–H groups in total. The van der Waals surface area contributed by atoms with Gasteiger partial charge in [-0.25, -0.2) is 4.39 Å². The van der Waals surface area contributed by atoms with Gasteiger partial charge in [0.05, 0.1) is 0 Å². The van der Waals surface area contributed by atoms with E-state index >= 15 is 0 Å². The highest BCUT2D eigenvalue weighted by Gasteiger charge is 2.30. The van der Waals surface area contributed by atoms with Gasteiger partial charge in [-0.3, -0.25) is 9.59 Å². The van der Waals surface area contributed by atoms with E-state index in [9.17, 15) is 14.0 Å². The summed E-state index contributed by atoms with van der Waals surface area (Å²) in [6.45, 7) is 8.47. The van der Waals surface area contributed by atoms with Crippen LogP contribution in [0.15, 0.2) is 48.5 Å². The van der Waals surface area contributed by atoms with Crippen LogP contribution in [0.2, 0.25) is 0 Å². The lowest BCUT2D eigenvalue weighted by Gasteiger charge is -2.29. The third kappa shape index (κ3) is 5.17. The van der Waals surface area contributed by atoms with Crippen molar-refractivity contribution in [1.82, 2.24) is 10.2 Å². The number of halogens is 1. The molecule has 0 bridgehead atoms. The number of carbonyl (C=O) groups excluding carboxylic acids is 2. The summed E-state index contributed by atoms with van der Waals surface area (Å²) in [5.74, 6) is -0.549. The fourth-order valence-electron chi connectivity index (χ4n) is 3.80. The van der Waals surface area contributed by atoms with Gasteiger partial charge in [-0.05, 0) is 55.2 Å². The molecular weight excluding hydrogens is 381 g/mol. The number of benzene rings is 2. The number of aryl methyl sites for hydroxylation is 1. The Kier molecular flexibility index (Phi) is 7.08. The van der Waals surface area contributed by atoms with E-state index in [4.69, 9.17) is 0 Å². The van der Waals surface area contributed by atoms with Crippen molar-refractivity contribution in [1.29, 1.82) is 0 Å². The number of rotatable bonds is 5. The molecule has 0 aromatic heterocycles.